The van der Waals surface area contributed by atoms with Crippen LogP contribution in [-0.4, -0.2) is 19.1 Å². The number of amides is 2. The molecule has 0 aromatic heterocycles. The summed E-state index contributed by atoms with van der Waals surface area (Å²) in [6, 6.07) is 8.15. The van der Waals surface area contributed by atoms with E-state index in [1.54, 1.807) is 0 Å². The van der Waals surface area contributed by atoms with E-state index in [9.17, 15) is 4.79 Å². The van der Waals surface area contributed by atoms with E-state index in [1.165, 1.54) is 12.8 Å². The van der Waals surface area contributed by atoms with E-state index in [4.69, 9.17) is 0 Å². The average Bonchev–Trinajstić information content (AvgIpc) is 2.82. The van der Waals surface area contributed by atoms with Crippen molar-refractivity contribution in [2.24, 2.45) is 0 Å². The van der Waals surface area contributed by atoms with Crippen molar-refractivity contribution in [2.75, 3.05) is 12.4 Å². The standard InChI is InChI=1S/C14H21N3O/c1-15-10-11-5-4-8-13(9-11)17-14(18)16-12-6-2-3-7-12/h4-5,8-9,12,15H,2-3,6-7,10H2,1H3,(H2,16,17,18). The molecular formula is C14H21N3O. The molecule has 1 aliphatic carbocycles. The van der Waals surface area contributed by atoms with E-state index in [-0.39, 0.29) is 6.03 Å². The second kappa shape index (κ2) is 6.40. The zero-order valence-electron chi connectivity index (χ0n) is 10.8. The normalized spacial score (nSPS) is 15.6. The van der Waals surface area contributed by atoms with Crippen molar-refractivity contribution >= 4 is 11.7 Å². The molecule has 3 N–H and O–H groups in total. The van der Waals surface area contributed by atoms with Gasteiger partial charge in [-0.2, -0.15) is 0 Å². The van der Waals surface area contributed by atoms with Crippen molar-refractivity contribution in [2.45, 2.75) is 38.3 Å². The largest absolute Gasteiger partial charge is 0.335 e. The zero-order valence-corrected chi connectivity index (χ0v) is 10.8. The summed E-state index contributed by atoms with van der Waals surface area (Å²) in [6.07, 6.45) is 4.66. The minimum atomic E-state index is -0.0940. The van der Waals surface area contributed by atoms with Crippen LogP contribution in [0, 0.1) is 0 Å². The monoisotopic (exact) mass is 247 g/mol. The van der Waals surface area contributed by atoms with Gasteiger partial charge in [0, 0.05) is 18.3 Å². The average molecular weight is 247 g/mol. The van der Waals surface area contributed by atoms with Gasteiger partial charge in [0.2, 0.25) is 0 Å². The van der Waals surface area contributed by atoms with Crippen LogP contribution >= 0.6 is 0 Å². The molecule has 2 rings (SSSR count). The number of rotatable bonds is 4. The van der Waals surface area contributed by atoms with E-state index in [2.05, 4.69) is 16.0 Å². The van der Waals surface area contributed by atoms with Crippen molar-refractivity contribution in [3.63, 3.8) is 0 Å². The molecule has 98 valence electrons. The summed E-state index contributed by atoms with van der Waals surface area (Å²) < 4.78 is 0. The summed E-state index contributed by atoms with van der Waals surface area (Å²) in [5.41, 5.74) is 2.01. The number of urea groups is 1. The predicted molar refractivity (Wildman–Crippen MR) is 73.6 cm³/mol. The minimum Gasteiger partial charge on any atom is -0.335 e. The molecule has 0 saturated heterocycles. The topological polar surface area (TPSA) is 53.2 Å². The lowest BCUT2D eigenvalue weighted by atomic mass is 10.2. The maximum Gasteiger partial charge on any atom is 0.319 e. The smallest absolute Gasteiger partial charge is 0.319 e. The second-order valence-corrected chi connectivity index (χ2v) is 4.81. The lowest BCUT2D eigenvalue weighted by molar-refractivity contribution is 0.248. The Morgan fingerprint density at radius 3 is 2.83 bits per heavy atom. The maximum absolute atomic E-state index is 11.8. The minimum absolute atomic E-state index is 0.0940. The molecule has 1 aromatic carbocycles. The Morgan fingerprint density at radius 2 is 2.11 bits per heavy atom. The van der Waals surface area contributed by atoms with Gasteiger partial charge in [-0.3, -0.25) is 0 Å². The molecule has 0 atom stereocenters. The Balaban J connectivity index is 1.87. The van der Waals surface area contributed by atoms with Gasteiger partial charge in [0.05, 0.1) is 0 Å². The molecule has 1 aliphatic rings. The van der Waals surface area contributed by atoms with Crippen LogP contribution in [0.5, 0.6) is 0 Å². The van der Waals surface area contributed by atoms with Crippen LogP contribution in [0.2, 0.25) is 0 Å². The highest BCUT2D eigenvalue weighted by Crippen LogP contribution is 2.18. The number of benzene rings is 1. The molecular weight excluding hydrogens is 226 g/mol. The van der Waals surface area contributed by atoms with Crippen LogP contribution < -0.4 is 16.0 Å². The summed E-state index contributed by atoms with van der Waals surface area (Å²) >= 11 is 0. The maximum atomic E-state index is 11.8. The first-order valence-electron chi connectivity index (χ1n) is 6.59. The van der Waals surface area contributed by atoms with Gasteiger partial charge in [-0.25, -0.2) is 4.79 Å². The molecule has 1 saturated carbocycles. The molecule has 1 aromatic rings. The Morgan fingerprint density at radius 1 is 1.33 bits per heavy atom. The third kappa shape index (κ3) is 3.74. The van der Waals surface area contributed by atoms with Gasteiger partial charge in [-0.15, -0.1) is 0 Å². The number of carbonyl (C=O) groups is 1. The van der Waals surface area contributed by atoms with Crippen LogP contribution in [-0.2, 0) is 6.54 Å². The molecule has 0 bridgehead atoms. The summed E-state index contributed by atoms with van der Waals surface area (Å²) in [5.74, 6) is 0. The molecule has 0 spiro atoms. The number of carbonyl (C=O) groups excluding carboxylic acids is 1. The lowest BCUT2D eigenvalue weighted by Gasteiger charge is -2.13. The fourth-order valence-corrected chi connectivity index (χ4v) is 2.39. The predicted octanol–water partition coefficient (Wildman–Crippen LogP) is 2.47. The molecule has 0 heterocycles. The molecule has 0 unspecified atom stereocenters. The van der Waals surface area contributed by atoms with Crippen molar-refractivity contribution in [1.29, 1.82) is 0 Å². The quantitative estimate of drug-likeness (QED) is 0.765. The van der Waals surface area contributed by atoms with Crippen LogP contribution in [0.25, 0.3) is 0 Å². The van der Waals surface area contributed by atoms with Gasteiger partial charge in [0.1, 0.15) is 0 Å². The van der Waals surface area contributed by atoms with E-state index in [0.29, 0.717) is 6.04 Å². The summed E-state index contributed by atoms with van der Waals surface area (Å²) in [4.78, 5) is 11.8. The van der Waals surface area contributed by atoms with Crippen molar-refractivity contribution < 1.29 is 4.79 Å². The highest BCUT2D eigenvalue weighted by Gasteiger charge is 2.16. The van der Waals surface area contributed by atoms with Crippen molar-refractivity contribution in [3.05, 3.63) is 29.8 Å². The Hall–Kier alpha value is -1.55. The summed E-state index contributed by atoms with van der Waals surface area (Å²) in [7, 11) is 1.91. The zero-order chi connectivity index (χ0) is 12.8. The van der Waals surface area contributed by atoms with Crippen LogP contribution in [0.3, 0.4) is 0 Å². The van der Waals surface area contributed by atoms with Gasteiger partial charge in [-0.05, 0) is 37.6 Å². The third-order valence-electron chi connectivity index (χ3n) is 3.26. The first-order chi connectivity index (χ1) is 8.78. The van der Waals surface area contributed by atoms with Gasteiger partial charge >= 0.3 is 6.03 Å². The molecule has 4 nitrogen and oxygen atoms in total. The Labute approximate surface area is 108 Å². The fourth-order valence-electron chi connectivity index (χ4n) is 2.39. The van der Waals surface area contributed by atoms with E-state index >= 15 is 0 Å². The fraction of sp³-hybridized carbons (Fsp3) is 0.500. The number of hydrogen-bond donors (Lipinski definition) is 3. The summed E-state index contributed by atoms with van der Waals surface area (Å²) in [6.45, 7) is 0.805. The number of anilines is 1. The van der Waals surface area contributed by atoms with E-state index in [1.807, 2.05) is 31.3 Å². The molecule has 1 fully saturated rings. The van der Waals surface area contributed by atoms with Crippen LogP contribution in [0.4, 0.5) is 10.5 Å². The summed E-state index contributed by atoms with van der Waals surface area (Å²) in [5, 5.41) is 9.00. The van der Waals surface area contributed by atoms with Crippen molar-refractivity contribution in [1.82, 2.24) is 10.6 Å². The van der Waals surface area contributed by atoms with Gasteiger partial charge in [-0.1, -0.05) is 25.0 Å². The van der Waals surface area contributed by atoms with E-state index < -0.39 is 0 Å². The number of nitrogens with one attached hydrogen (secondary N) is 3. The van der Waals surface area contributed by atoms with Crippen LogP contribution in [0.1, 0.15) is 31.2 Å². The molecule has 4 heteroatoms. The van der Waals surface area contributed by atoms with Crippen LogP contribution in [0.15, 0.2) is 24.3 Å². The van der Waals surface area contributed by atoms with Gasteiger partial charge in [0.15, 0.2) is 0 Å². The first kappa shape index (κ1) is 12.9. The van der Waals surface area contributed by atoms with E-state index in [0.717, 1.165) is 30.6 Å². The Bertz CT molecular complexity index is 400. The third-order valence-corrected chi connectivity index (χ3v) is 3.26. The molecule has 0 radical (unpaired) electrons. The van der Waals surface area contributed by atoms with Gasteiger partial charge < -0.3 is 16.0 Å². The highest BCUT2D eigenvalue weighted by atomic mass is 16.2. The SMILES string of the molecule is CNCc1cccc(NC(=O)NC2CCCC2)c1. The molecule has 2 amide bonds. The highest BCUT2D eigenvalue weighted by molar-refractivity contribution is 5.89. The Kier molecular flexibility index (Phi) is 4.59. The first-order valence-corrected chi connectivity index (χ1v) is 6.59. The molecule has 0 aliphatic heterocycles. The van der Waals surface area contributed by atoms with Gasteiger partial charge in [0.25, 0.3) is 0 Å². The number of hydrogen-bond acceptors (Lipinski definition) is 2. The van der Waals surface area contributed by atoms with Crippen molar-refractivity contribution in [3.8, 4) is 0 Å². The molecule has 18 heavy (non-hydrogen) atoms. The lowest BCUT2D eigenvalue weighted by Crippen LogP contribution is -2.36. The second-order valence-electron chi connectivity index (χ2n) is 4.81.